The van der Waals surface area contributed by atoms with E-state index in [2.05, 4.69) is 15.0 Å². The maximum absolute atomic E-state index is 5.43. The molecular formula is C15H17N3O2S2. The number of aromatic nitrogens is 2. The molecule has 1 saturated heterocycles. The van der Waals surface area contributed by atoms with Crippen LogP contribution in [-0.4, -0.2) is 39.6 Å². The molecule has 22 heavy (non-hydrogen) atoms. The number of benzene rings is 1. The summed E-state index contributed by atoms with van der Waals surface area (Å²) in [5.74, 6) is 2.44. The van der Waals surface area contributed by atoms with Crippen molar-refractivity contribution in [3.05, 3.63) is 30.2 Å². The Hall–Kier alpha value is -1.60. The van der Waals surface area contributed by atoms with Gasteiger partial charge in [0, 0.05) is 13.1 Å². The molecule has 116 valence electrons. The van der Waals surface area contributed by atoms with Crippen molar-refractivity contribution < 1.29 is 9.26 Å². The van der Waals surface area contributed by atoms with Crippen LogP contribution in [0.1, 0.15) is 18.7 Å². The van der Waals surface area contributed by atoms with Crippen molar-refractivity contribution in [2.45, 2.75) is 18.6 Å². The summed E-state index contributed by atoms with van der Waals surface area (Å²) in [6.45, 7) is 2.12. The molecule has 0 spiro atoms. The summed E-state index contributed by atoms with van der Waals surface area (Å²) in [6.07, 6.45) is 2.44. The summed E-state index contributed by atoms with van der Waals surface area (Å²) < 4.78 is 11.5. The molecule has 0 N–H and O–H groups in total. The number of ether oxygens (including phenoxy) is 1. The van der Waals surface area contributed by atoms with E-state index in [1.165, 1.54) is 12.8 Å². The van der Waals surface area contributed by atoms with Crippen molar-refractivity contribution in [2.24, 2.45) is 0 Å². The van der Waals surface area contributed by atoms with Crippen LogP contribution < -0.4 is 4.74 Å². The van der Waals surface area contributed by atoms with Crippen LogP contribution in [0.2, 0.25) is 0 Å². The van der Waals surface area contributed by atoms with E-state index >= 15 is 0 Å². The average molecular weight is 335 g/mol. The Bertz CT molecular complexity index is 654. The summed E-state index contributed by atoms with van der Waals surface area (Å²) >= 11 is 7.01. The third kappa shape index (κ3) is 3.41. The van der Waals surface area contributed by atoms with Gasteiger partial charge in [-0.3, -0.25) is 0 Å². The zero-order valence-corrected chi connectivity index (χ0v) is 14.0. The van der Waals surface area contributed by atoms with Gasteiger partial charge in [0.15, 0.2) is 0 Å². The molecule has 0 amide bonds. The lowest BCUT2D eigenvalue weighted by Crippen LogP contribution is -2.23. The van der Waals surface area contributed by atoms with E-state index in [0.29, 0.717) is 17.5 Å². The summed E-state index contributed by atoms with van der Waals surface area (Å²) in [6, 6.07) is 7.62. The van der Waals surface area contributed by atoms with Crippen molar-refractivity contribution in [2.75, 3.05) is 20.2 Å². The molecule has 1 aliphatic heterocycles. The van der Waals surface area contributed by atoms with Crippen molar-refractivity contribution in [3.8, 4) is 17.1 Å². The van der Waals surface area contributed by atoms with E-state index in [4.69, 9.17) is 21.5 Å². The summed E-state index contributed by atoms with van der Waals surface area (Å²) in [4.78, 5) is 6.66. The lowest BCUT2D eigenvalue weighted by atomic mass is 10.2. The van der Waals surface area contributed by atoms with E-state index in [-0.39, 0.29) is 0 Å². The molecule has 0 saturated carbocycles. The minimum atomic E-state index is 0.542. The van der Waals surface area contributed by atoms with Crippen molar-refractivity contribution in [3.63, 3.8) is 0 Å². The van der Waals surface area contributed by atoms with Gasteiger partial charge < -0.3 is 14.2 Å². The molecule has 1 aromatic carbocycles. The zero-order valence-electron chi connectivity index (χ0n) is 12.3. The van der Waals surface area contributed by atoms with Crippen LogP contribution in [0.25, 0.3) is 11.4 Å². The number of likely N-dealkylation sites (tertiary alicyclic amines) is 1. The highest BCUT2D eigenvalue weighted by Crippen LogP contribution is 2.28. The van der Waals surface area contributed by atoms with Crippen molar-refractivity contribution >= 4 is 28.3 Å². The van der Waals surface area contributed by atoms with Gasteiger partial charge in [-0.2, -0.15) is 4.98 Å². The fraction of sp³-hybridized carbons (Fsp3) is 0.400. The van der Waals surface area contributed by atoms with Gasteiger partial charge in [0.2, 0.25) is 11.7 Å². The largest absolute Gasteiger partial charge is 0.496 e. The summed E-state index contributed by atoms with van der Waals surface area (Å²) in [7, 11) is 1.63. The molecule has 1 aromatic heterocycles. The fourth-order valence-electron chi connectivity index (χ4n) is 2.37. The molecule has 2 aromatic rings. The molecule has 2 heterocycles. The fourth-order valence-corrected chi connectivity index (χ4v) is 3.46. The summed E-state index contributed by atoms with van der Waals surface area (Å²) in [5, 5.41) is 4.03. The highest BCUT2D eigenvalue weighted by atomic mass is 32.2. The molecule has 1 aliphatic rings. The van der Waals surface area contributed by atoms with Crippen LogP contribution in [0.15, 0.2) is 28.8 Å². The molecule has 0 unspecified atom stereocenters. The van der Waals surface area contributed by atoms with Gasteiger partial charge in [-0.1, -0.05) is 41.3 Å². The number of methoxy groups -OCH3 is 1. The molecule has 0 aliphatic carbocycles. The number of para-hydroxylation sites is 1. The monoisotopic (exact) mass is 335 g/mol. The van der Waals surface area contributed by atoms with E-state index in [0.717, 1.165) is 28.7 Å². The second-order valence-corrected chi connectivity index (χ2v) is 6.57. The van der Waals surface area contributed by atoms with Gasteiger partial charge >= 0.3 is 0 Å². The second-order valence-electron chi connectivity index (χ2n) is 4.96. The first-order valence-corrected chi connectivity index (χ1v) is 8.55. The van der Waals surface area contributed by atoms with E-state index in [1.54, 1.807) is 18.9 Å². The third-order valence-electron chi connectivity index (χ3n) is 3.50. The topological polar surface area (TPSA) is 51.4 Å². The summed E-state index contributed by atoms with van der Waals surface area (Å²) in [5.41, 5.74) is 0.826. The Kier molecular flexibility index (Phi) is 4.94. The zero-order chi connectivity index (χ0) is 15.4. The minimum Gasteiger partial charge on any atom is -0.496 e. The van der Waals surface area contributed by atoms with E-state index in [9.17, 15) is 0 Å². The van der Waals surface area contributed by atoms with Gasteiger partial charge in [-0.05, 0) is 25.0 Å². The number of hydrogen-bond acceptors (Lipinski definition) is 6. The van der Waals surface area contributed by atoms with Gasteiger partial charge in [0.1, 0.15) is 10.1 Å². The van der Waals surface area contributed by atoms with Crippen LogP contribution in [0.5, 0.6) is 5.75 Å². The minimum absolute atomic E-state index is 0.542. The standard InChI is InChI=1S/C15H17N3O2S2/c1-19-12-7-3-2-6-11(12)14-16-13(20-17-14)10-22-15(21)18-8-4-5-9-18/h2-3,6-7H,4-5,8-10H2,1H3. The molecule has 0 radical (unpaired) electrons. The molecule has 5 nitrogen and oxygen atoms in total. The highest BCUT2D eigenvalue weighted by molar-refractivity contribution is 8.22. The molecule has 0 atom stereocenters. The smallest absolute Gasteiger partial charge is 0.237 e. The molecule has 3 rings (SSSR count). The average Bonchev–Trinajstić information content (AvgIpc) is 3.24. The molecule has 0 bridgehead atoms. The maximum Gasteiger partial charge on any atom is 0.237 e. The number of thiocarbonyl (C=S) groups is 1. The first kappa shape index (κ1) is 15.3. The first-order chi connectivity index (χ1) is 10.8. The number of hydrogen-bond donors (Lipinski definition) is 0. The first-order valence-electron chi connectivity index (χ1n) is 7.15. The Labute approximate surface area is 139 Å². The Morgan fingerprint density at radius 1 is 1.36 bits per heavy atom. The highest BCUT2D eigenvalue weighted by Gasteiger charge is 2.17. The van der Waals surface area contributed by atoms with Gasteiger partial charge in [0.05, 0.1) is 18.4 Å². The molecular weight excluding hydrogens is 318 g/mol. The second kappa shape index (κ2) is 7.11. The SMILES string of the molecule is COc1ccccc1-c1noc(CSC(=S)N2CCCC2)n1. The normalized spacial score (nSPS) is 14.3. The molecule has 7 heteroatoms. The van der Waals surface area contributed by atoms with Crippen LogP contribution in [0.4, 0.5) is 0 Å². The Balaban J connectivity index is 1.65. The number of nitrogens with zero attached hydrogens (tertiary/aromatic N) is 3. The van der Waals surface area contributed by atoms with Crippen LogP contribution >= 0.6 is 24.0 Å². The number of rotatable bonds is 4. The maximum atomic E-state index is 5.43. The predicted molar refractivity (Wildman–Crippen MR) is 91.0 cm³/mol. The van der Waals surface area contributed by atoms with Crippen molar-refractivity contribution in [1.82, 2.24) is 15.0 Å². The van der Waals surface area contributed by atoms with Crippen molar-refractivity contribution in [1.29, 1.82) is 0 Å². The predicted octanol–water partition coefficient (Wildman–Crippen LogP) is 3.36. The van der Waals surface area contributed by atoms with E-state index < -0.39 is 0 Å². The van der Waals surface area contributed by atoms with Gasteiger partial charge in [-0.25, -0.2) is 0 Å². The third-order valence-corrected chi connectivity index (χ3v) is 5.01. The van der Waals surface area contributed by atoms with Gasteiger partial charge in [0.25, 0.3) is 0 Å². The Morgan fingerprint density at radius 3 is 2.91 bits per heavy atom. The quantitative estimate of drug-likeness (QED) is 0.794. The van der Waals surface area contributed by atoms with Crippen LogP contribution in [0.3, 0.4) is 0 Å². The van der Waals surface area contributed by atoms with Crippen LogP contribution in [0, 0.1) is 0 Å². The van der Waals surface area contributed by atoms with E-state index in [1.807, 2.05) is 24.3 Å². The van der Waals surface area contributed by atoms with Gasteiger partial charge in [-0.15, -0.1) is 0 Å². The lowest BCUT2D eigenvalue weighted by molar-refractivity contribution is 0.390. The van der Waals surface area contributed by atoms with Crippen LogP contribution in [-0.2, 0) is 5.75 Å². The number of thioether (sulfide) groups is 1. The molecule has 1 fully saturated rings. The lowest BCUT2D eigenvalue weighted by Gasteiger charge is -2.16. The Morgan fingerprint density at radius 2 is 2.14 bits per heavy atom.